The van der Waals surface area contributed by atoms with Crippen LogP contribution in [0.1, 0.15) is 34.8 Å². The number of benzene rings is 1. The molecule has 1 aromatic carbocycles. The molecule has 1 aliphatic rings. The molecule has 1 amide bonds. The Bertz CT molecular complexity index is 702. The van der Waals surface area contributed by atoms with Gasteiger partial charge in [0.1, 0.15) is 0 Å². The zero-order valence-electron chi connectivity index (χ0n) is 12.0. The number of aryl methyl sites for hydroxylation is 1. The van der Waals surface area contributed by atoms with E-state index in [0.717, 1.165) is 18.4 Å². The quantitative estimate of drug-likeness (QED) is 0.935. The van der Waals surface area contributed by atoms with Gasteiger partial charge in [-0.2, -0.15) is 0 Å². The fraction of sp³-hybridized carbons (Fsp3) is 0.294. The molecule has 0 radical (unpaired) electrons. The van der Waals surface area contributed by atoms with Gasteiger partial charge in [-0.15, -0.1) is 0 Å². The third-order valence-electron chi connectivity index (χ3n) is 3.91. The Kier molecular flexibility index (Phi) is 3.60. The van der Waals surface area contributed by atoms with Crippen molar-refractivity contribution in [3.63, 3.8) is 0 Å². The number of nitrogens with one attached hydrogen (secondary N) is 1. The van der Waals surface area contributed by atoms with Crippen molar-refractivity contribution in [3.8, 4) is 0 Å². The van der Waals surface area contributed by atoms with Crippen molar-refractivity contribution in [2.24, 2.45) is 13.0 Å². The normalized spacial score (nSPS) is 15.5. The third-order valence-corrected chi connectivity index (χ3v) is 3.91. The van der Waals surface area contributed by atoms with E-state index in [9.17, 15) is 9.59 Å². The molecule has 1 aromatic heterocycles. The molecule has 1 saturated carbocycles. The number of pyridine rings is 1. The second kappa shape index (κ2) is 5.56. The maximum absolute atomic E-state index is 12.4. The maximum Gasteiger partial charge on any atom is 0.252 e. The van der Waals surface area contributed by atoms with Crippen molar-refractivity contribution in [1.82, 2.24) is 9.88 Å². The summed E-state index contributed by atoms with van der Waals surface area (Å²) in [6.07, 6.45) is 3.89. The lowest BCUT2D eigenvalue weighted by atomic mass is 10.0. The van der Waals surface area contributed by atoms with Gasteiger partial charge >= 0.3 is 0 Å². The molecule has 1 aliphatic carbocycles. The molecule has 0 spiro atoms. The molecule has 1 heterocycles. The van der Waals surface area contributed by atoms with Crippen LogP contribution in [0, 0.1) is 5.92 Å². The fourth-order valence-corrected chi connectivity index (χ4v) is 2.48. The minimum absolute atomic E-state index is 0.0303. The number of carbonyl (C=O) groups excluding carboxylic acids is 1. The van der Waals surface area contributed by atoms with Crippen LogP contribution in [-0.4, -0.2) is 10.5 Å². The van der Waals surface area contributed by atoms with Gasteiger partial charge in [-0.05, 0) is 30.4 Å². The van der Waals surface area contributed by atoms with Crippen molar-refractivity contribution in [2.75, 3.05) is 0 Å². The minimum Gasteiger partial charge on any atom is -0.345 e. The van der Waals surface area contributed by atoms with Crippen molar-refractivity contribution < 1.29 is 4.79 Å². The monoisotopic (exact) mass is 282 g/mol. The van der Waals surface area contributed by atoms with Crippen molar-refractivity contribution in [1.29, 1.82) is 0 Å². The summed E-state index contributed by atoms with van der Waals surface area (Å²) in [5, 5.41) is 3.07. The van der Waals surface area contributed by atoms with Crippen molar-refractivity contribution >= 4 is 5.91 Å². The van der Waals surface area contributed by atoms with Gasteiger partial charge in [0.2, 0.25) is 0 Å². The van der Waals surface area contributed by atoms with Crippen LogP contribution >= 0.6 is 0 Å². The standard InChI is InChI=1S/C17H18N2O2/c1-19-10-9-14(11-15(19)20)17(21)18-16(13-7-8-13)12-5-3-2-4-6-12/h2-6,9-11,13,16H,7-8H2,1H3,(H,18,21). The van der Waals surface area contributed by atoms with Crippen LogP contribution in [0.3, 0.4) is 0 Å². The number of amides is 1. The van der Waals surface area contributed by atoms with Gasteiger partial charge in [0.25, 0.3) is 11.5 Å². The number of nitrogens with zero attached hydrogens (tertiary/aromatic N) is 1. The molecule has 0 bridgehead atoms. The lowest BCUT2D eigenvalue weighted by molar-refractivity contribution is 0.0931. The highest BCUT2D eigenvalue weighted by molar-refractivity contribution is 5.94. The Hall–Kier alpha value is -2.36. The first-order valence-electron chi connectivity index (χ1n) is 7.17. The first-order valence-corrected chi connectivity index (χ1v) is 7.17. The molecule has 1 atom stereocenters. The average Bonchev–Trinajstić information content (AvgIpc) is 3.33. The van der Waals surface area contributed by atoms with Crippen LogP contribution in [0.4, 0.5) is 0 Å². The molecule has 2 aromatic rings. The zero-order valence-corrected chi connectivity index (χ0v) is 12.0. The molecule has 1 unspecified atom stereocenters. The predicted octanol–water partition coefficient (Wildman–Crippen LogP) is 2.27. The van der Waals surface area contributed by atoms with E-state index in [1.54, 1.807) is 19.3 Å². The SMILES string of the molecule is Cn1ccc(C(=O)NC(c2ccccc2)C2CC2)cc1=O. The van der Waals surface area contributed by atoms with Gasteiger partial charge in [0, 0.05) is 24.9 Å². The van der Waals surface area contributed by atoms with E-state index < -0.39 is 0 Å². The van der Waals surface area contributed by atoms with Crippen molar-refractivity contribution in [3.05, 3.63) is 70.1 Å². The largest absolute Gasteiger partial charge is 0.345 e. The highest BCUT2D eigenvalue weighted by atomic mass is 16.2. The molecule has 0 aliphatic heterocycles. The van der Waals surface area contributed by atoms with Crippen LogP contribution in [0.5, 0.6) is 0 Å². The maximum atomic E-state index is 12.4. The van der Waals surface area contributed by atoms with Crippen LogP contribution in [0.15, 0.2) is 53.5 Å². The Morgan fingerprint density at radius 3 is 2.57 bits per heavy atom. The average molecular weight is 282 g/mol. The molecule has 1 N–H and O–H groups in total. The minimum atomic E-state index is -0.187. The second-order valence-electron chi connectivity index (χ2n) is 5.56. The van der Waals surface area contributed by atoms with Crippen LogP contribution in [0.2, 0.25) is 0 Å². The third kappa shape index (κ3) is 3.05. The zero-order chi connectivity index (χ0) is 14.8. The lowest BCUT2D eigenvalue weighted by Gasteiger charge is -2.19. The van der Waals surface area contributed by atoms with Crippen LogP contribution < -0.4 is 10.9 Å². The summed E-state index contributed by atoms with van der Waals surface area (Å²) >= 11 is 0. The Labute approximate surface area is 123 Å². The molecule has 3 rings (SSSR count). The van der Waals surface area contributed by atoms with E-state index in [-0.39, 0.29) is 17.5 Å². The molecule has 4 heteroatoms. The number of carbonyl (C=O) groups is 1. The van der Waals surface area contributed by atoms with Gasteiger partial charge in [-0.25, -0.2) is 0 Å². The highest BCUT2D eigenvalue weighted by Crippen LogP contribution is 2.41. The molecule has 1 fully saturated rings. The molecular weight excluding hydrogens is 264 g/mol. The smallest absolute Gasteiger partial charge is 0.252 e. The van der Waals surface area contributed by atoms with Gasteiger partial charge in [0.05, 0.1) is 6.04 Å². The number of rotatable bonds is 4. The number of hydrogen-bond acceptors (Lipinski definition) is 2. The summed E-state index contributed by atoms with van der Waals surface area (Å²) in [6.45, 7) is 0. The Morgan fingerprint density at radius 1 is 1.24 bits per heavy atom. The summed E-state index contributed by atoms with van der Waals surface area (Å²) < 4.78 is 1.45. The van der Waals surface area contributed by atoms with E-state index in [1.807, 2.05) is 30.3 Å². The van der Waals surface area contributed by atoms with Gasteiger partial charge in [-0.3, -0.25) is 9.59 Å². The number of hydrogen-bond donors (Lipinski definition) is 1. The van der Waals surface area contributed by atoms with Crippen LogP contribution in [-0.2, 0) is 7.05 Å². The predicted molar refractivity (Wildman–Crippen MR) is 81.1 cm³/mol. The summed E-state index contributed by atoms with van der Waals surface area (Å²) in [5.74, 6) is 0.316. The van der Waals surface area contributed by atoms with E-state index in [2.05, 4.69) is 5.32 Å². The van der Waals surface area contributed by atoms with Crippen LogP contribution in [0.25, 0.3) is 0 Å². The topological polar surface area (TPSA) is 51.1 Å². The Morgan fingerprint density at radius 2 is 1.95 bits per heavy atom. The first-order chi connectivity index (χ1) is 10.1. The molecule has 108 valence electrons. The van der Waals surface area contributed by atoms with Gasteiger partial charge < -0.3 is 9.88 Å². The van der Waals surface area contributed by atoms with E-state index >= 15 is 0 Å². The van der Waals surface area contributed by atoms with E-state index in [1.165, 1.54) is 10.6 Å². The Balaban J connectivity index is 1.81. The van der Waals surface area contributed by atoms with Crippen molar-refractivity contribution in [2.45, 2.75) is 18.9 Å². The highest BCUT2D eigenvalue weighted by Gasteiger charge is 2.33. The van der Waals surface area contributed by atoms with E-state index in [0.29, 0.717) is 11.5 Å². The molecule has 0 saturated heterocycles. The number of aromatic nitrogens is 1. The first kappa shape index (κ1) is 13.6. The fourth-order valence-electron chi connectivity index (χ4n) is 2.48. The molecule has 21 heavy (non-hydrogen) atoms. The summed E-state index contributed by atoms with van der Waals surface area (Å²) in [4.78, 5) is 24.0. The summed E-state index contributed by atoms with van der Waals surface area (Å²) in [7, 11) is 1.67. The second-order valence-corrected chi connectivity index (χ2v) is 5.56. The molecule has 4 nitrogen and oxygen atoms in total. The summed E-state index contributed by atoms with van der Waals surface area (Å²) in [5.41, 5.74) is 1.36. The van der Waals surface area contributed by atoms with Gasteiger partial charge in [-0.1, -0.05) is 30.3 Å². The van der Waals surface area contributed by atoms with E-state index in [4.69, 9.17) is 0 Å². The molecular formula is C17H18N2O2. The van der Waals surface area contributed by atoms with Gasteiger partial charge in [0.15, 0.2) is 0 Å². The lowest BCUT2D eigenvalue weighted by Crippen LogP contribution is -2.31. The summed E-state index contributed by atoms with van der Waals surface area (Å²) in [6, 6.07) is 13.1.